The van der Waals surface area contributed by atoms with Crippen LogP contribution >= 0.6 is 0 Å². The molecule has 4 nitrogen and oxygen atoms in total. The number of hydrogen-bond acceptors (Lipinski definition) is 3. The maximum atomic E-state index is 11.3. The normalized spacial score (nSPS) is 34.2. The highest BCUT2D eigenvalue weighted by Crippen LogP contribution is 2.30. The van der Waals surface area contributed by atoms with Gasteiger partial charge in [-0.2, -0.15) is 0 Å². The van der Waals surface area contributed by atoms with Gasteiger partial charge in [0.15, 0.2) is 0 Å². The van der Waals surface area contributed by atoms with Crippen molar-refractivity contribution >= 4 is 13.8 Å². The molecule has 0 amide bonds. The van der Waals surface area contributed by atoms with Crippen molar-refractivity contribution in [3.63, 3.8) is 0 Å². The van der Waals surface area contributed by atoms with E-state index in [2.05, 4.69) is 18.1 Å². The van der Waals surface area contributed by atoms with Crippen molar-refractivity contribution in [3.8, 4) is 0 Å². The first kappa shape index (κ1) is 12.9. The number of hydrogen-bond donors (Lipinski definition) is 2. The van der Waals surface area contributed by atoms with Gasteiger partial charge in [-0.1, -0.05) is 12.7 Å². The Balaban J connectivity index is 1.93. The quantitative estimate of drug-likeness (QED) is 0.652. The molecule has 0 aromatic carbocycles. The average molecular weight is 238 g/mol. The highest BCUT2D eigenvalue weighted by Gasteiger charge is 2.40. The van der Waals surface area contributed by atoms with Gasteiger partial charge in [-0.25, -0.2) is 0 Å². The molecule has 2 heterocycles. The number of aliphatic carboxylic acids is 1. The van der Waals surface area contributed by atoms with Crippen LogP contribution in [0, 0.1) is 11.8 Å². The van der Waals surface area contributed by atoms with Crippen LogP contribution in [0.4, 0.5) is 0 Å². The Labute approximate surface area is 104 Å². The molecule has 5 heteroatoms. The summed E-state index contributed by atoms with van der Waals surface area (Å²) >= 11 is 0. The number of rotatable bonds is 5. The van der Waals surface area contributed by atoms with Crippen LogP contribution in [0.1, 0.15) is 19.3 Å². The first-order valence-electron chi connectivity index (χ1n) is 6.90. The third kappa shape index (κ3) is 3.02. The zero-order chi connectivity index (χ0) is 12.3. The SMILES string of the molecule is BCCC[C@H]1CN(C2CCNC2)C[C@H]1C(=O)O. The standard InChI is InChI=1S/C12H23BN2O2/c13-4-1-2-9-7-15(8-11(9)12(16)17)10-3-5-14-6-10/h9-11,14H,1-8,13H2,(H,16,17)/t9-,10?,11+/m0/s1. The van der Waals surface area contributed by atoms with E-state index in [0.29, 0.717) is 12.0 Å². The Morgan fingerprint density at radius 3 is 2.88 bits per heavy atom. The highest BCUT2D eigenvalue weighted by atomic mass is 16.4. The van der Waals surface area contributed by atoms with Crippen molar-refractivity contribution in [1.82, 2.24) is 10.2 Å². The van der Waals surface area contributed by atoms with E-state index in [1.807, 2.05) is 0 Å². The molecule has 2 rings (SSSR count). The highest BCUT2D eigenvalue weighted by molar-refractivity contribution is 6.08. The van der Waals surface area contributed by atoms with Gasteiger partial charge in [-0.05, 0) is 25.3 Å². The Morgan fingerprint density at radius 2 is 2.29 bits per heavy atom. The van der Waals surface area contributed by atoms with Crippen LogP contribution in [0.3, 0.4) is 0 Å². The maximum Gasteiger partial charge on any atom is 0.308 e. The Hall–Kier alpha value is -0.545. The van der Waals surface area contributed by atoms with Gasteiger partial charge in [0.1, 0.15) is 7.85 Å². The first-order chi connectivity index (χ1) is 8.22. The largest absolute Gasteiger partial charge is 0.481 e. The van der Waals surface area contributed by atoms with Crippen LogP contribution in [0.2, 0.25) is 6.32 Å². The van der Waals surface area contributed by atoms with Gasteiger partial charge in [0, 0.05) is 25.7 Å². The number of carboxylic acids is 1. The molecule has 2 fully saturated rings. The molecule has 0 bridgehead atoms. The topological polar surface area (TPSA) is 52.6 Å². The van der Waals surface area contributed by atoms with Crippen LogP contribution < -0.4 is 5.32 Å². The smallest absolute Gasteiger partial charge is 0.308 e. The predicted octanol–water partition coefficient (Wildman–Crippen LogP) is -0.187. The van der Waals surface area contributed by atoms with E-state index in [-0.39, 0.29) is 5.92 Å². The average Bonchev–Trinajstić information content (AvgIpc) is 2.94. The second-order valence-corrected chi connectivity index (χ2v) is 5.45. The van der Waals surface area contributed by atoms with E-state index in [1.54, 1.807) is 0 Å². The summed E-state index contributed by atoms with van der Waals surface area (Å²) < 4.78 is 0. The van der Waals surface area contributed by atoms with Crippen molar-refractivity contribution in [2.24, 2.45) is 11.8 Å². The van der Waals surface area contributed by atoms with Gasteiger partial charge in [-0.15, -0.1) is 0 Å². The Kier molecular flexibility index (Phi) is 4.45. The molecule has 96 valence electrons. The molecule has 0 aliphatic carbocycles. The van der Waals surface area contributed by atoms with Crippen LogP contribution in [0.5, 0.6) is 0 Å². The van der Waals surface area contributed by atoms with Gasteiger partial charge < -0.3 is 10.4 Å². The maximum absolute atomic E-state index is 11.3. The van der Waals surface area contributed by atoms with E-state index in [4.69, 9.17) is 0 Å². The molecule has 2 aliphatic rings. The molecule has 0 spiro atoms. The zero-order valence-corrected chi connectivity index (χ0v) is 10.7. The number of nitrogens with zero attached hydrogens (tertiary/aromatic N) is 1. The van der Waals surface area contributed by atoms with E-state index >= 15 is 0 Å². The molecule has 3 atom stereocenters. The van der Waals surface area contributed by atoms with Crippen LogP contribution in [-0.4, -0.2) is 56.0 Å². The van der Waals surface area contributed by atoms with Crippen LogP contribution in [0.15, 0.2) is 0 Å². The molecule has 17 heavy (non-hydrogen) atoms. The summed E-state index contributed by atoms with van der Waals surface area (Å²) in [5.41, 5.74) is 0. The summed E-state index contributed by atoms with van der Waals surface area (Å²) in [7, 11) is 2.17. The summed E-state index contributed by atoms with van der Waals surface area (Å²) in [6.07, 6.45) is 4.57. The molecule has 0 aromatic heterocycles. The van der Waals surface area contributed by atoms with Crippen molar-refractivity contribution in [3.05, 3.63) is 0 Å². The number of nitrogens with one attached hydrogen (secondary N) is 1. The van der Waals surface area contributed by atoms with Gasteiger partial charge in [0.2, 0.25) is 0 Å². The lowest BCUT2D eigenvalue weighted by Crippen LogP contribution is -2.35. The Morgan fingerprint density at radius 1 is 1.47 bits per heavy atom. The molecule has 1 unspecified atom stereocenters. The van der Waals surface area contributed by atoms with Crippen molar-refractivity contribution in [2.45, 2.75) is 31.6 Å². The van der Waals surface area contributed by atoms with Crippen molar-refractivity contribution in [2.75, 3.05) is 26.2 Å². The molecular weight excluding hydrogens is 215 g/mol. The molecule has 2 aliphatic heterocycles. The van der Waals surface area contributed by atoms with E-state index in [0.717, 1.165) is 45.3 Å². The van der Waals surface area contributed by atoms with E-state index < -0.39 is 5.97 Å². The monoisotopic (exact) mass is 238 g/mol. The fourth-order valence-corrected chi connectivity index (χ4v) is 3.19. The third-order valence-electron chi connectivity index (χ3n) is 4.27. The molecule has 2 N–H and O–H groups in total. The number of carboxylic acid groups (broad SMARTS) is 1. The number of carbonyl (C=O) groups is 1. The molecule has 0 aromatic rings. The fraction of sp³-hybridized carbons (Fsp3) is 0.917. The minimum absolute atomic E-state index is 0.137. The number of likely N-dealkylation sites (tertiary alicyclic amines) is 1. The fourth-order valence-electron chi connectivity index (χ4n) is 3.19. The van der Waals surface area contributed by atoms with E-state index in [1.165, 1.54) is 6.42 Å². The summed E-state index contributed by atoms with van der Waals surface area (Å²) in [4.78, 5) is 13.7. The second kappa shape index (κ2) is 5.87. The zero-order valence-electron chi connectivity index (χ0n) is 10.7. The van der Waals surface area contributed by atoms with E-state index in [9.17, 15) is 9.90 Å². The van der Waals surface area contributed by atoms with Gasteiger partial charge in [-0.3, -0.25) is 9.69 Å². The van der Waals surface area contributed by atoms with Gasteiger partial charge >= 0.3 is 5.97 Å². The predicted molar refractivity (Wildman–Crippen MR) is 70.0 cm³/mol. The second-order valence-electron chi connectivity index (χ2n) is 5.45. The van der Waals surface area contributed by atoms with Crippen molar-refractivity contribution < 1.29 is 9.90 Å². The molecule has 0 saturated carbocycles. The third-order valence-corrected chi connectivity index (χ3v) is 4.27. The molecule has 2 saturated heterocycles. The van der Waals surface area contributed by atoms with Crippen LogP contribution in [0.25, 0.3) is 0 Å². The summed E-state index contributed by atoms with van der Waals surface area (Å²) in [6.45, 7) is 3.87. The molecule has 0 radical (unpaired) electrons. The van der Waals surface area contributed by atoms with Gasteiger partial charge in [0.05, 0.1) is 5.92 Å². The van der Waals surface area contributed by atoms with Crippen molar-refractivity contribution in [1.29, 1.82) is 0 Å². The van der Waals surface area contributed by atoms with Gasteiger partial charge in [0.25, 0.3) is 0 Å². The lowest BCUT2D eigenvalue weighted by atomic mass is 9.88. The lowest BCUT2D eigenvalue weighted by Gasteiger charge is -2.22. The summed E-state index contributed by atoms with van der Waals surface area (Å²) in [5.74, 6) is -0.366. The lowest BCUT2D eigenvalue weighted by molar-refractivity contribution is -0.142. The minimum Gasteiger partial charge on any atom is -0.481 e. The Bertz CT molecular complexity index is 269. The van der Waals surface area contributed by atoms with Crippen LogP contribution in [-0.2, 0) is 4.79 Å². The molecular formula is C12H23BN2O2. The summed E-state index contributed by atoms with van der Waals surface area (Å²) in [6, 6.07) is 0.573. The first-order valence-corrected chi connectivity index (χ1v) is 6.90. The minimum atomic E-state index is -0.598. The summed E-state index contributed by atoms with van der Waals surface area (Å²) in [5, 5.41) is 12.7.